The maximum atomic E-state index is 10.1. The lowest BCUT2D eigenvalue weighted by Crippen LogP contribution is -1.73. The third-order valence-electron chi connectivity index (χ3n) is 0.906. The number of aromatic nitrogens is 1. The molecular weight excluding hydrogens is 273 g/mol. The number of rotatable bonds is 2. The average molecular weight is 283 g/mol. The van der Waals surface area contributed by atoms with Crippen molar-refractivity contribution in [3.05, 3.63) is 24.0 Å². The molecule has 0 fully saturated rings. The zero-order chi connectivity index (χ0) is 8.69. The highest BCUT2D eigenvalue weighted by molar-refractivity contribution is 14.2. The largest absolute Gasteiger partial charge is 0.298 e. The van der Waals surface area contributed by atoms with Gasteiger partial charge in [0, 0.05) is 48.3 Å². The Morgan fingerprint density at radius 3 is 2.55 bits per heavy atom. The lowest BCUT2D eigenvalue weighted by molar-refractivity contribution is 0.112. The van der Waals surface area contributed by atoms with Crippen LogP contribution in [-0.4, -0.2) is 10.3 Å². The molecule has 0 aliphatic rings. The highest BCUT2D eigenvalue weighted by Crippen LogP contribution is 2.15. The molecule has 0 bridgehead atoms. The second-order valence-corrected chi connectivity index (χ2v) is 3.23. The number of hydrogen-bond acceptors (Lipinski definition) is 2. The van der Waals surface area contributed by atoms with Crippen molar-refractivity contribution in [2.75, 3.05) is 0 Å². The van der Waals surface area contributed by atoms with E-state index in [2.05, 4.69) is 21.2 Å². The third kappa shape index (κ3) is 3.81. The van der Waals surface area contributed by atoms with E-state index in [0.29, 0.717) is 0 Å². The second kappa shape index (κ2) is 6.72. The van der Waals surface area contributed by atoms with Gasteiger partial charge in [0.2, 0.25) is 0 Å². The summed E-state index contributed by atoms with van der Waals surface area (Å²) >= 11 is 2.15. The Balaban J connectivity index is 0.000000461. The number of aldehydes is 1. The van der Waals surface area contributed by atoms with Crippen LogP contribution in [0.3, 0.4) is 0 Å². The lowest BCUT2D eigenvalue weighted by atomic mass is 10.4. The van der Waals surface area contributed by atoms with Crippen molar-refractivity contribution in [3.8, 4) is 0 Å². The van der Waals surface area contributed by atoms with E-state index < -0.39 is 0 Å². The highest BCUT2D eigenvalue weighted by Gasteiger charge is 1.91. The summed E-state index contributed by atoms with van der Waals surface area (Å²) in [5, 5.41) is 0. The van der Waals surface area contributed by atoms with E-state index in [0.717, 1.165) is 11.8 Å². The van der Waals surface area contributed by atoms with Gasteiger partial charge in [-0.3, -0.25) is 8.77 Å². The van der Waals surface area contributed by atoms with Gasteiger partial charge in [0.25, 0.3) is 0 Å². The van der Waals surface area contributed by atoms with Crippen LogP contribution in [0, 0.1) is 0 Å². The van der Waals surface area contributed by atoms with Crippen LogP contribution in [0.4, 0.5) is 0 Å². The Hall–Kier alpha value is 0.0300. The average Bonchev–Trinajstić information content (AvgIpc) is 2.55. The Labute approximate surface area is 83.1 Å². The van der Waals surface area contributed by atoms with Crippen molar-refractivity contribution in [2.45, 2.75) is 13.8 Å². The minimum atomic E-state index is 0.721. The Morgan fingerprint density at radius 2 is 2.27 bits per heavy atom. The van der Waals surface area contributed by atoms with Crippen LogP contribution in [0.25, 0.3) is 0 Å². The molecule has 1 rings (SSSR count). The van der Waals surface area contributed by atoms with Crippen molar-refractivity contribution in [1.82, 2.24) is 3.97 Å². The fourth-order valence-corrected chi connectivity index (χ4v) is 1.51. The maximum absolute atomic E-state index is 10.1. The molecule has 0 saturated carbocycles. The quantitative estimate of drug-likeness (QED) is 0.614. The maximum Gasteiger partial charge on any atom is 0.151 e. The predicted octanol–water partition coefficient (Wildman–Crippen LogP) is 3.17. The van der Waals surface area contributed by atoms with Crippen LogP contribution >= 0.6 is 30.3 Å². The van der Waals surface area contributed by atoms with Crippen LogP contribution in [0.15, 0.2) is 18.5 Å². The van der Waals surface area contributed by atoms with Crippen LogP contribution in [0.5, 0.6) is 0 Å². The van der Waals surface area contributed by atoms with Crippen LogP contribution in [0.2, 0.25) is 0 Å². The molecule has 0 atom stereocenters. The molecule has 0 radical (unpaired) electrons. The molecule has 1 heterocycles. The standard InChI is InChI=1S/C5H4INOS.C2H6/c6-9-7-2-1-5(3-7)4-8;1-2/h1-4H;1-2H3. The van der Waals surface area contributed by atoms with E-state index in [-0.39, 0.29) is 0 Å². The molecule has 0 saturated heterocycles. The van der Waals surface area contributed by atoms with Crippen molar-refractivity contribution in [3.63, 3.8) is 0 Å². The van der Waals surface area contributed by atoms with Gasteiger partial charge in [-0.05, 0) is 6.07 Å². The van der Waals surface area contributed by atoms with Crippen LogP contribution < -0.4 is 0 Å². The van der Waals surface area contributed by atoms with Gasteiger partial charge in [0.05, 0.1) is 0 Å². The molecule has 1 aromatic rings. The SMILES string of the molecule is CC.O=Cc1ccn(SI)c1. The molecule has 0 aliphatic heterocycles. The van der Waals surface area contributed by atoms with E-state index in [9.17, 15) is 4.79 Å². The number of hydrogen-bond donors (Lipinski definition) is 0. The summed E-state index contributed by atoms with van der Waals surface area (Å²) in [6.45, 7) is 4.00. The van der Waals surface area contributed by atoms with Crippen molar-refractivity contribution in [1.29, 1.82) is 0 Å². The van der Waals surface area contributed by atoms with Gasteiger partial charge in [0.15, 0.2) is 6.29 Å². The zero-order valence-corrected chi connectivity index (χ0v) is 9.43. The molecule has 0 unspecified atom stereocenters. The summed E-state index contributed by atoms with van der Waals surface area (Å²) in [5.41, 5.74) is 0.721. The predicted molar refractivity (Wildman–Crippen MR) is 58.2 cm³/mol. The smallest absolute Gasteiger partial charge is 0.151 e. The minimum Gasteiger partial charge on any atom is -0.298 e. The van der Waals surface area contributed by atoms with Gasteiger partial charge in [0.1, 0.15) is 0 Å². The number of carbonyl (C=O) groups excluding carboxylic acids is 1. The summed E-state index contributed by atoms with van der Waals surface area (Å²) in [6.07, 6.45) is 4.47. The first-order valence-corrected chi connectivity index (χ1v) is 6.60. The number of halogens is 1. The van der Waals surface area contributed by atoms with Gasteiger partial charge >= 0.3 is 0 Å². The molecule has 0 spiro atoms. The van der Waals surface area contributed by atoms with Gasteiger partial charge < -0.3 is 0 Å². The number of carbonyl (C=O) groups is 1. The summed E-state index contributed by atoms with van der Waals surface area (Å²) in [6, 6.07) is 1.78. The lowest BCUT2D eigenvalue weighted by Gasteiger charge is -1.86. The van der Waals surface area contributed by atoms with Crippen molar-refractivity contribution in [2.24, 2.45) is 0 Å². The Kier molecular flexibility index (Phi) is 6.74. The zero-order valence-electron chi connectivity index (χ0n) is 6.45. The molecule has 2 nitrogen and oxygen atoms in total. The first-order valence-electron chi connectivity index (χ1n) is 3.29. The van der Waals surface area contributed by atoms with E-state index in [1.807, 2.05) is 24.0 Å². The van der Waals surface area contributed by atoms with Gasteiger partial charge in [-0.2, -0.15) is 0 Å². The van der Waals surface area contributed by atoms with Gasteiger partial charge in [-0.25, -0.2) is 0 Å². The van der Waals surface area contributed by atoms with Gasteiger partial charge in [-0.15, -0.1) is 0 Å². The minimum absolute atomic E-state index is 0.721. The van der Waals surface area contributed by atoms with E-state index in [1.54, 1.807) is 12.3 Å². The normalized spacial score (nSPS) is 8.27. The second-order valence-electron chi connectivity index (χ2n) is 1.49. The topological polar surface area (TPSA) is 22.0 Å². The van der Waals surface area contributed by atoms with E-state index in [4.69, 9.17) is 0 Å². The fourth-order valence-electron chi connectivity index (χ4n) is 0.505. The Bertz CT molecular complexity index is 212. The molecule has 0 amide bonds. The Morgan fingerprint density at radius 1 is 1.64 bits per heavy atom. The molecule has 0 aliphatic carbocycles. The summed E-state index contributed by atoms with van der Waals surface area (Å²) < 4.78 is 1.87. The molecule has 62 valence electrons. The molecule has 1 aromatic heterocycles. The highest BCUT2D eigenvalue weighted by atomic mass is 127. The molecule has 4 heteroatoms. The molecule has 0 N–H and O–H groups in total. The van der Waals surface area contributed by atoms with Crippen LogP contribution in [-0.2, 0) is 0 Å². The fraction of sp³-hybridized carbons (Fsp3) is 0.286. The van der Waals surface area contributed by atoms with Crippen LogP contribution in [0.1, 0.15) is 24.2 Å². The molecule has 11 heavy (non-hydrogen) atoms. The van der Waals surface area contributed by atoms with E-state index >= 15 is 0 Å². The monoisotopic (exact) mass is 283 g/mol. The van der Waals surface area contributed by atoms with Gasteiger partial charge in [-0.1, -0.05) is 13.8 Å². The summed E-state index contributed by atoms with van der Waals surface area (Å²) in [5.74, 6) is 0. The number of nitrogens with zero attached hydrogens (tertiary/aromatic N) is 1. The molecule has 0 aromatic carbocycles. The first-order chi connectivity index (χ1) is 5.36. The first kappa shape index (κ1) is 11.0. The summed E-state index contributed by atoms with van der Waals surface area (Å²) in [4.78, 5) is 10.1. The van der Waals surface area contributed by atoms with Crippen molar-refractivity contribution < 1.29 is 4.79 Å². The van der Waals surface area contributed by atoms with Crippen molar-refractivity contribution >= 4 is 36.6 Å². The summed E-state index contributed by atoms with van der Waals surface area (Å²) in [7, 11) is 1.53. The van der Waals surface area contributed by atoms with E-state index in [1.165, 1.54) is 9.12 Å². The third-order valence-corrected chi connectivity index (χ3v) is 2.66. The molecular formula is C7H10INOS.